The van der Waals surface area contributed by atoms with Crippen molar-refractivity contribution in [3.05, 3.63) is 70.7 Å². The molecule has 1 N–H and O–H groups in total. The van der Waals surface area contributed by atoms with Gasteiger partial charge in [0, 0.05) is 22.6 Å². The fraction of sp³-hybridized carbons (Fsp3) is 0.455. The van der Waals surface area contributed by atoms with E-state index in [2.05, 4.69) is 62.9 Å². The SMILES string of the molecule is CC1(C)CC(O)(c2ccc(Cl)cc2)CC(C)(C)N1Cc1ccccc1. The van der Waals surface area contributed by atoms with Crippen LogP contribution in [0.2, 0.25) is 5.02 Å². The molecule has 2 nitrogen and oxygen atoms in total. The Hall–Kier alpha value is -1.35. The van der Waals surface area contributed by atoms with Gasteiger partial charge in [0.25, 0.3) is 0 Å². The number of likely N-dealkylation sites (tertiary alicyclic amines) is 1. The van der Waals surface area contributed by atoms with Crippen LogP contribution in [-0.2, 0) is 12.1 Å². The lowest BCUT2D eigenvalue weighted by Gasteiger charge is -2.58. The number of halogens is 1. The second kappa shape index (κ2) is 6.42. The van der Waals surface area contributed by atoms with Crippen molar-refractivity contribution < 1.29 is 5.11 Å². The fourth-order valence-corrected chi connectivity index (χ4v) is 4.79. The summed E-state index contributed by atoms with van der Waals surface area (Å²) in [7, 11) is 0. The molecule has 1 fully saturated rings. The molecule has 134 valence electrons. The average Bonchev–Trinajstić information content (AvgIpc) is 2.51. The van der Waals surface area contributed by atoms with Crippen LogP contribution < -0.4 is 0 Å². The average molecular weight is 358 g/mol. The van der Waals surface area contributed by atoms with E-state index in [9.17, 15) is 5.11 Å². The summed E-state index contributed by atoms with van der Waals surface area (Å²) in [6.45, 7) is 9.82. The van der Waals surface area contributed by atoms with Crippen molar-refractivity contribution in [1.29, 1.82) is 0 Å². The standard InChI is InChI=1S/C22H28ClNO/c1-20(2)15-22(25,18-10-12-19(23)13-11-18)16-21(3,4)24(20)14-17-8-6-5-7-9-17/h5-13,25H,14-16H2,1-4H3. The first kappa shape index (κ1) is 18.4. The summed E-state index contributed by atoms with van der Waals surface area (Å²) in [6, 6.07) is 18.2. The maximum atomic E-state index is 11.5. The van der Waals surface area contributed by atoms with Crippen LogP contribution in [-0.4, -0.2) is 21.1 Å². The zero-order valence-electron chi connectivity index (χ0n) is 15.6. The molecule has 0 bridgehead atoms. The third kappa shape index (κ3) is 3.76. The second-order valence-electron chi connectivity index (χ2n) is 8.59. The third-order valence-electron chi connectivity index (χ3n) is 5.48. The molecule has 0 aromatic heterocycles. The lowest BCUT2D eigenvalue weighted by Crippen LogP contribution is -2.64. The molecule has 2 aromatic rings. The van der Waals surface area contributed by atoms with Gasteiger partial charge in [0.2, 0.25) is 0 Å². The van der Waals surface area contributed by atoms with Gasteiger partial charge in [-0.3, -0.25) is 4.90 Å². The summed E-state index contributed by atoms with van der Waals surface area (Å²) in [5.41, 5.74) is 1.15. The van der Waals surface area contributed by atoms with Gasteiger partial charge in [0.1, 0.15) is 0 Å². The van der Waals surface area contributed by atoms with E-state index in [1.807, 2.05) is 24.3 Å². The first-order valence-corrected chi connectivity index (χ1v) is 9.30. The monoisotopic (exact) mass is 357 g/mol. The quantitative estimate of drug-likeness (QED) is 0.797. The first-order chi connectivity index (χ1) is 11.6. The molecule has 0 radical (unpaired) electrons. The summed E-state index contributed by atoms with van der Waals surface area (Å²) in [5, 5.41) is 12.2. The molecule has 0 unspecified atom stereocenters. The van der Waals surface area contributed by atoms with Crippen LogP contribution in [0.4, 0.5) is 0 Å². The van der Waals surface area contributed by atoms with E-state index < -0.39 is 5.60 Å². The van der Waals surface area contributed by atoms with E-state index >= 15 is 0 Å². The van der Waals surface area contributed by atoms with Gasteiger partial charge in [-0.25, -0.2) is 0 Å². The molecule has 0 atom stereocenters. The number of hydrogen-bond acceptors (Lipinski definition) is 2. The lowest BCUT2D eigenvalue weighted by molar-refractivity contribution is -0.143. The van der Waals surface area contributed by atoms with Gasteiger partial charge in [-0.2, -0.15) is 0 Å². The molecule has 1 saturated heterocycles. The van der Waals surface area contributed by atoms with Gasteiger partial charge in [-0.1, -0.05) is 54.1 Å². The fourth-order valence-electron chi connectivity index (χ4n) is 4.66. The van der Waals surface area contributed by atoms with Crippen molar-refractivity contribution in [2.45, 2.75) is 63.8 Å². The summed E-state index contributed by atoms with van der Waals surface area (Å²) in [4.78, 5) is 2.53. The maximum absolute atomic E-state index is 11.5. The van der Waals surface area contributed by atoms with Crippen molar-refractivity contribution in [1.82, 2.24) is 4.90 Å². The molecule has 1 aliphatic heterocycles. The Morgan fingerprint density at radius 1 is 0.880 bits per heavy atom. The molecule has 2 aromatic carbocycles. The molecule has 0 aliphatic carbocycles. The van der Waals surface area contributed by atoms with E-state index in [0.717, 1.165) is 12.1 Å². The number of hydrogen-bond donors (Lipinski definition) is 1. The van der Waals surface area contributed by atoms with E-state index in [1.165, 1.54) is 5.56 Å². The van der Waals surface area contributed by atoms with Crippen LogP contribution in [0.3, 0.4) is 0 Å². The Balaban J connectivity index is 1.92. The first-order valence-electron chi connectivity index (χ1n) is 8.93. The van der Waals surface area contributed by atoms with Crippen molar-refractivity contribution in [2.75, 3.05) is 0 Å². The van der Waals surface area contributed by atoms with Crippen molar-refractivity contribution in [3.8, 4) is 0 Å². The van der Waals surface area contributed by atoms with Crippen molar-refractivity contribution in [3.63, 3.8) is 0 Å². The Morgan fingerprint density at radius 2 is 1.40 bits per heavy atom. The van der Waals surface area contributed by atoms with Gasteiger partial charge in [0.05, 0.1) is 5.60 Å². The Labute approximate surface area is 156 Å². The minimum Gasteiger partial charge on any atom is -0.385 e. The van der Waals surface area contributed by atoms with E-state index in [4.69, 9.17) is 11.6 Å². The Morgan fingerprint density at radius 3 is 1.92 bits per heavy atom. The predicted octanol–water partition coefficient (Wildman–Crippen LogP) is 5.38. The summed E-state index contributed by atoms with van der Waals surface area (Å²) in [5.74, 6) is 0. The molecule has 3 heteroatoms. The van der Waals surface area contributed by atoms with Crippen LogP contribution in [0.15, 0.2) is 54.6 Å². The van der Waals surface area contributed by atoms with Crippen LogP contribution in [0, 0.1) is 0 Å². The molecular formula is C22H28ClNO. The highest BCUT2D eigenvalue weighted by atomic mass is 35.5. The summed E-state index contributed by atoms with van der Waals surface area (Å²) in [6.07, 6.45) is 1.38. The minimum absolute atomic E-state index is 0.133. The smallest absolute Gasteiger partial charge is 0.0931 e. The van der Waals surface area contributed by atoms with Gasteiger partial charge < -0.3 is 5.11 Å². The number of piperidine rings is 1. The number of nitrogens with zero attached hydrogens (tertiary/aromatic N) is 1. The molecular weight excluding hydrogens is 330 g/mol. The van der Waals surface area contributed by atoms with Gasteiger partial charge in [-0.05, 0) is 63.8 Å². The van der Waals surface area contributed by atoms with Crippen LogP contribution in [0.1, 0.15) is 51.7 Å². The van der Waals surface area contributed by atoms with E-state index in [0.29, 0.717) is 17.9 Å². The molecule has 0 spiro atoms. The van der Waals surface area contributed by atoms with E-state index in [-0.39, 0.29) is 11.1 Å². The van der Waals surface area contributed by atoms with Gasteiger partial charge >= 0.3 is 0 Å². The number of aliphatic hydroxyl groups is 1. The normalized spacial score (nSPS) is 21.8. The molecule has 1 aliphatic rings. The third-order valence-corrected chi connectivity index (χ3v) is 5.73. The van der Waals surface area contributed by atoms with Gasteiger partial charge in [0.15, 0.2) is 0 Å². The molecule has 3 rings (SSSR count). The zero-order chi connectivity index (χ0) is 18.3. The van der Waals surface area contributed by atoms with Crippen molar-refractivity contribution in [2.24, 2.45) is 0 Å². The summed E-state index contributed by atoms with van der Waals surface area (Å²) >= 11 is 6.03. The maximum Gasteiger partial charge on any atom is 0.0931 e. The highest BCUT2D eigenvalue weighted by Crippen LogP contribution is 2.48. The molecule has 0 amide bonds. The highest BCUT2D eigenvalue weighted by Gasteiger charge is 2.52. The molecule has 1 heterocycles. The lowest BCUT2D eigenvalue weighted by atomic mass is 9.68. The zero-order valence-corrected chi connectivity index (χ0v) is 16.3. The number of rotatable bonds is 3. The van der Waals surface area contributed by atoms with Gasteiger partial charge in [-0.15, -0.1) is 0 Å². The van der Waals surface area contributed by atoms with Crippen molar-refractivity contribution >= 4 is 11.6 Å². The molecule has 25 heavy (non-hydrogen) atoms. The second-order valence-corrected chi connectivity index (χ2v) is 9.03. The van der Waals surface area contributed by atoms with E-state index in [1.54, 1.807) is 0 Å². The Bertz CT molecular complexity index is 703. The summed E-state index contributed by atoms with van der Waals surface area (Å²) < 4.78 is 0. The Kier molecular flexibility index (Phi) is 4.74. The highest BCUT2D eigenvalue weighted by molar-refractivity contribution is 6.30. The largest absolute Gasteiger partial charge is 0.385 e. The number of benzene rings is 2. The van der Waals surface area contributed by atoms with Crippen LogP contribution >= 0.6 is 11.6 Å². The topological polar surface area (TPSA) is 23.5 Å². The molecule has 0 saturated carbocycles. The van der Waals surface area contributed by atoms with Crippen LogP contribution in [0.5, 0.6) is 0 Å². The van der Waals surface area contributed by atoms with Crippen LogP contribution in [0.25, 0.3) is 0 Å². The predicted molar refractivity (Wildman–Crippen MR) is 105 cm³/mol. The minimum atomic E-state index is -0.842.